The van der Waals surface area contributed by atoms with Gasteiger partial charge in [0.1, 0.15) is 17.5 Å². The number of nitrogens with two attached hydrogens (primary N) is 1. The summed E-state index contributed by atoms with van der Waals surface area (Å²) in [5.41, 5.74) is 5.29. The number of carbonyl (C=O) groups excluding carboxylic acids is 2. The van der Waals surface area contributed by atoms with Gasteiger partial charge in [-0.1, -0.05) is 6.07 Å². The smallest absolute Gasteiger partial charge is 0.416 e. The Morgan fingerprint density at radius 2 is 2.15 bits per heavy atom. The zero-order valence-electron chi connectivity index (χ0n) is 11.2. The zero-order chi connectivity index (χ0) is 14.5. The molecule has 20 heavy (non-hydrogen) atoms. The Labute approximate surface area is 116 Å². The molecule has 108 valence electrons. The molecule has 0 aromatic heterocycles. The highest BCUT2D eigenvalue weighted by Crippen LogP contribution is 2.20. The third-order valence-electron chi connectivity index (χ3n) is 3.05. The monoisotopic (exact) mass is 279 g/mol. The second kappa shape index (κ2) is 6.25. The predicted octanol–water partition coefficient (Wildman–Crippen LogP) is -0.0469. The summed E-state index contributed by atoms with van der Waals surface area (Å²) >= 11 is 0. The van der Waals surface area contributed by atoms with Crippen molar-refractivity contribution < 1.29 is 19.1 Å². The van der Waals surface area contributed by atoms with Gasteiger partial charge in [0.05, 0.1) is 7.11 Å². The lowest BCUT2D eigenvalue weighted by Gasteiger charge is -2.33. The molecule has 1 fully saturated rings. The van der Waals surface area contributed by atoms with Crippen molar-refractivity contribution >= 4 is 12.0 Å². The van der Waals surface area contributed by atoms with Crippen molar-refractivity contribution in [3.05, 3.63) is 24.3 Å². The van der Waals surface area contributed by atoms with E-state index >= 15 is 0 Å². The summed E-state index contributed by atoms with van der Waals surface area (Å²) in [6.07, 6.45) is -0.594. The van der Waals surface area contributed by atoms with Gasteiger partial charge < -0.3 is 20.5 Å². The number of piperazine rings is 1. The van der Waals surface area contributed by atoms with Crippen molar-refractivity contribution in [1.29, 1.82) is 0 Å². The van der Waals surface area contributed by atoms with E-state index in [4.69, 9.17) is 15.2 Å². The first-order valence-corrected chi connectivity index (χ1v) is 6.24. The largest absolute Gasteiger partial charge is 0.497 e. The average Bonchev–Trinajstić information content (AvgIpc) is 2.47. The molecule has 1 aromatic carbocycles. The molecule has 1 unspecified atom stereocenters. The molecular formula is C13H17N3O4. The van der Waals surface area contributed by atoms with Gasteiger partial charge in [-0.2, -0.15) is 0 Å². The number of nitrogens with zero attached hydrogens (tertiary/aromatic N) is 1. The quantitative estimate of drug-likeness (QED) is 0.809. The minimum absolute atomic E-state index is 0.336. The summed E-state index contributed by atoms with van der Waals surface area (Å²) < 4.78 is 10.3. The van der Waals surface area contributed by atoms with Gasteiger partial charge in [0, 0.05) is 25.7 Å². The Bertz CT molecular complexity index is 506. The van der Waals surface area contributed by atoms with Crippen molar-refractivity contribution in [3.8, 4) is 11.5 Å². The number of methoxy groups -OCH3 is 1. The zero-order valence-corrected chi connectivity index (χ0v) is 11.2. The molecule has 1 saturated heterocycles. The predicted molar refractivity (Wildman–Crippen MR) is 71.6 cm³/mol. The number of primary amides is 1. The normalized spacial score (nSPS) is 18.4. The van der Waals surface area contributed by atoms with E-state index < -0.39 is 18.0 Å². The Morgan fingerprint density at radius 1 is 1.40 bits per heavy atom. The third-order valence-corrected chi connectivity index (χ3v) is 3.05. The molecule has 0 spiro atoms. The number of hydrogen-bond acceptors (Lipinski definition) is 5. The number of ether oxygens (including phenoxy) is 2. The van der Waals surface area contributed by atoms with Crippen LogP contribution in [0, 0.1) is 0 Å². The summed E-state index contributed by atoms with van der Waals surface area (Å²) in [7, 11) is 1.53. The van der Waals surface area contributed by atoms with Gasteiger partial charge in [0.2, 0.25) is 5.91 Å². The summed E-state index contributed by atoms with van der Waals surface area (Å²) in [6, 6.07) is 6.00. The summed E-state index contributed by atoms with van der Waals surface area (Å²) in [5.74, 6) is 0.387. The number of rotatable bonds is 3. The van der Waals surface area contributed by atoms with Gasteiger partial charge in [-0.3, -0.25) is 9.69 Å². The second-order valence-electron chi connectivity index (χ2n) is 4.36. The molecule has 0 radical (unpaired) electrons. The third kappa shape index (κ3) is 3.18. The summed E-state index contributed by atoms with van der Waals surface area (Å²) in [5, 5.41) is 3.01. The molecular weight excluding hydrogens is 262 g/mol. The number of benzene rings is 1. The highest BCUT2D eigenvalue weighted by atomic mass is 16.6. The van der Waals surface area contributed by atoms with Crippen LogP contribution >= 0.6 is 0 Å². The number of nitrogens with one attached hydrogen (secondary N) is 1. The Hall–Kier alpha value is -2.28. The van der Waals surface area contributed by atoms with Crippen LogP contribution in [0.1, 0.15) is 0 Å². The molecule has 1 atom stereocenters. The first kappa shape index (κ1) is 14.1. The maximum atomic E-state index is 12.1. The van der Waals surface area contributed by atoms with E-state index in [0.717, 1.165) is 0 Å². The minimum atomic E-state index is -0.693. The van der Waals surface area contributed by atoms with Gasteiger partial charge in [0.25, 0.3) is 0 Å². The van der Waals surface area contributed by atoms with E-state index in [1.165, 1.54) is 12.0 Å². The molecule has 7 heteroatoms. The van der Waals surface area contributed by atoms with Crippen molar-refractivity contribution in [3.63, 3.8) is 0 Å². The van der Waals surface area contributed by atoms with Gasteiger partial charge in [-0.25, -0.2) is 4.79 Å². The molecule has 1 heterocycles. The van der Waals surface area contributed by atoms with Crippen LogP contribution in [0.4, 0.5) is 4.79 Å². The van der Waals surface area contributed by atoms with Crippen molar-refractivity contribution in [2.24, 2.45) is 5.73 Å². The van der Waals surface area contributed by atoms with Gasteiger partial charge in [0.15, 0.2) is 0 Å². The molecule has 7 nitrogen and oxygen atoms in total. The van der Waals surface area contributed by atoms with Crippen molar-refractivity contribution in [1.82, 2.24) is 10.2 Å². The molecule has 0 bridgehead atoms. The van der Waals surface area contributed by atoms with E-state index in [-0.39, 0.29) is 0 Å². The first-order valence-electron chi connectivity index (χ1n) is 6.24. The molecule has 0 aliphatic carbocycles. The van der Waals surface area contributed by atoms with E-state index in [9.17, 15) is 9.59 Å². The molecule has 1 aliphatic rings. The SMILES string of the molecule is COc1cccc(OC(=O)N2CCNCC2C(N)=O)c1. The van der Waals surface area contributed by atoms with Crippen LogP contribution in [0.2, 0.25) is 0 Å². The number of hydrogen-bond donors (Lipinski definition) is 2. The highest BCUT2D eigenvalue weighted by molar-refractivity contribution is 5.85. The van der Waals surface area contributed by atoms with Crippen LogP contribution in [-0.2, 0) is 4.79 Å². The maximum absolute atomic E-state index is 12.1. The van der Waals surface area contributed by atoms with Crippen LogP contribution in [0.15, 0.2) is 24.3 Å². The molecule has 2 rings (SSSR count). The Balaban J connectivity index is 2.07. The van der Waals surface area contributed by atoms with Crippen molar-refractivity contribution in [2.45, 2.75) is 6.04 Å². The fourth-order valence-electron chi connectivity index (χ4n) is 2.00. The van der Waals surface area contributed by atoms with E-state index in [1.54, 1.807) is 24.3 Å². The topological polar surface area (TPSA) is 93.9 Å². The van der Waals surface area contributed by atoms with E-state index in [2.05, 4.69) is 5.32 Å². The van der Waals surface area contributed by atoms with Crippen molar-refractivity contribution in [2.75, 3.05) is 26.7 Å². The van der Waals surface area contributed by atoms with E-state index in [1.807, 2.05) is 0 Å². The highest BCUT2D eigenvalue weighted by Gasteiger charge is 2.31. The summed E-state index contributed by atoms with van der Waals surface area (Å²) in [6.45, 7) is 1.30. The van der Waals surface area contributed by atoms with Crippen LogP contribution in [-0.4, -0.2) is 49.7 Å². The van der Waals surface area contributed by atoms with Crippen LogP contribution in [0.25, 0.3) is 0 Å². The number of amides is 2. The van der Waals surface area contributed by atoms with Gasteiger partial charge in [-0.05, 0) is 12.1 Å². The fraction of sp³-hybridized carbons (Fsp3) is 0.385. The lowest BCUT2D eigenvalue weighted by Crippen LogP contribution is -2.59. The second-order valence-corrected chi connectivity index (χ2v) is 4.36. The van der Waals surface area contributed by atoms with Gasteiger partial charge >= 0.3 is 6.09 Å². The summed E-state index contributed by atoms with van der Waals surface area (Å²) in [4.78, 5) is 24.8. The molecule has 2 amide bonds. The first-order chi connectivity index (χ1) is 9.61. The lowest BCUT2D eigenvalue weighted by molar-refractivity contribution is -0.123. The minimum Gasteiger partial charge on any atom is -0.497 e. The standard InChI is InChI=1S/C13H17N3O4/c1-19-9-3-2-4-10(7-9)20-13(18)16-6-5-15-8-11(16)12(14)17/h2-4,7,11,15H,5-6,8H2,1H3,(H2,14,17). The van der Waals surface area contributed by atoms with E-state index in [0.29, 0.717) is 31.1 Å². The fourth-order valence-corrected chi connectivity index (χ4v) is 2.00. The molecule has 1 aromatic rings. The Morgan fingerprint density at radius 3 is 2.85 bits per heavy atom. The molecule has 0 saturated carbocycles. The van der Waals surface area contributed by atoms with Crippen LogP contribution < -0.4 is 20.5 Å². The van der Waals surface area contributed by atoms with Crippen LogP contribution in [0.5, 0.6) is 11.5 Å². The number of carbonyl (C=O) groups is 2. The van der Waals surface area contributed by atoms with Crippen LogP contribution in [0.3, 0.4) is 0 Å². The Kier molecular flexibility index (Phi) is 4.41. The molecule has 1 aliphatic heterocycles. The maximum Gasteiger partial charge on any atom is 0.416 e. The molecule has 3 N–H and O–H groups in total. The average molecular weight is 279 g/mol. The lowest BCUT2D eigenvalue weighted by atomic mass is 10.2. The van der Waals surface area contributed by atoms with Gasteiger partial charge in [-0.15, -0.1) is 0 Å².